The highest BCUT2D eigenvalue weighted by atomic mass is 32.2. The van der Waals surface area contributed by atoms with Crippen molar-refractivity contribution in [1.29, 1.82) is 0 Å². The molecule has 0 unspecified atom stereocenters. The number of sulfonamides is 1. The normalized spacial score (nSPS) is 19.8. The van der Waals surface area contributed by atoms with Gasteiger partial charge in [0.2, 0.25) is 10.0 Å². The Kier molecular flexibility index (Phi) is 6.19. The molecule has 2 heterocycles. The average molecular weight is 381 g/mol. The maximum Gasteiger partial charge on any atom is 0.253 e. The van der Waals surface area contributed by atoms with E-state index in [1.807, 2.05) is 4.90 Å². The molecular formula is C19H28N2O4S. The lowest BCUT2D eigenvalue weighted by Crippen LogP contribution is -2.36. The van der Waals surface area contributed by atoms with Crippen molar-refractivity contribution in [3.63, 3.8) is 0 Å². The third-order valence-electron chi connectivity index (χ3n) is 5.24. The largest absolute Gasteiger partial charge is 0.495 e. The summed E-state index contributed by atoms with van der Waals surface area (Å²) in [4.78, 5) is 14.8. The first-order valence-electron chi connectivity index (χ1n) is 9.51. The molecule has 1 aromatic rings. The Balaban J connectivity index is 1.92. The number of carbonyl (C=O) groups excluding carboxylic acids is 1. The van der Waals surface area contributed by atoms with Crippen LogP contribution in [0.4, 0.5) is 0 Å². The summed E-state index contributed by atoms with van der Waals surface area (Å²) in [5.41, 5.74) is 0.420. The topological polar surface area (TPSA) is 66.9 Å². The van der Waals surface area contributed by atoms with E-state index in [1.54, 1.807) is 12.1 Å². The van der Waals surface area contributed by atoms with Gasteiger partial charge in [0.15, 0.2) is 0 Å². The fraction of sp³-hybridized carbons (Fsp3) is 0.632. The van der Waals surface area contributed by atoms with Crippen molar-refractivity contribution in [2.24, 2.45) is 0 Å². The number of carbonyl (C=O) groups is 1. The summed E-state index contributed by atoms with van der Waals surface area (Å²) in [6.45, 7) is 2.52. The number of methoxy groups -OCH3 is 1. The second kappa shape index (κ2) is 8.39. The van der Waals surface area contributed by atoms with Crippen molar-refractivity contribution < 1.29 is 17.9 Å². The minimum Gasteiger partial charge on any atom is -0.495 e. The Morgan fingerprint density at radius 1 is 0.923 bits per heavy atom. The van der Waals surface area contributed by atoms with Gasteiger partial charge in [-0.3, -0.25) is 4.79 Å². The van der Waals surface area contributed by atoms with E-state index in [9.17, 15) is 13.2 Å². The van der Waals surface area contributed by atoms with Crippen molar-refractivity contribution in [1.82, 2.24) is 9.21 Å². The van der Waals surface area contributed by atoms with E-state index in [1.165, 1.54) is 17.5 Å². The van der Waals surface area contributed by atoms with Crippen LogP contribution in [0.15, 0.2) is 23.1 Å². The van der Waals surface area contributed by atoms with Gasteiger partial charge in [0.25, 0.3) is 5.91 Å². The summed E-state index contributed by atoms with van der Waals surface area (Å²) in [5, 5.41) is 0. The van der Waals surface area contributed by atoms with Crippen LogP contribution in [0.2, 0.25) is 0 Å². The van der Waals surface area contributed by atoms with Gasteiger partial charge < -0.3 is 9.64 Å². The molecule has 2 fully saturated rings. The molecule has 1 aromatic carbocycles. The molecule has 26 heavy (non-hydrogen) atoms. The predicted molar refractivity (Wildman–Crippen MR) is 100.0 cm³/mol. The van der Waals surface area contributed by atoms with Gasteiger partial charge in [-0.1, -0.05) is 19.3 Å². The van der Waals surface area contributed by atoms with Crippen molar-refractivity contribution in [2.45, 2.75) is 49.8 Å². The van der Waals surface area contributed by atoms with Crippen LogP contribution in [0.3, 0.4) is 0 Å². The number of hydrogen-bond donors (Lipinski definition) is 0. The van der Waals surface area contributed by atoms with Gasteiger partial charge in [0, 0.05) is 31.7 Å². The molecule has 0 saturated carbocycles. The van der Waals surface area contributed by atoms with Crippen LogP contribution in [0.25, 0.3) is 0 Å². The van der Waals surface area contributed by atoms with E-state index in [2.05, 4.69) is 0 Å². The van der Waals surface area contributed by atoms with Gasteiger partial charge in [-0.2, -0.15) is 4.31 Å². The molecule has 0 N–H and O–H groups in total. The smallest absolute Gasteiger partial charge is 0.253 e. The highest BCUT2D eigenvalue weighted by molar-refractivity contribution is 7.89. The molecule has 0 bridgehead atoms. The highest BCUT2D eigenvalue weighted by Gasteiger charge is 2.30. The van der Waals surface area contributed by atoms with Gasteiger partial charge in [-0.05, 0) is 43.9 Å². The summed E-state index contributed by atoms with van der Waals surface area (Å²) in [7, 11) is -2.20. The van der Waals surface area contributed by atoms with E-state index in [0.29, 0.717) is 24.4 Å². The molecule has 0 aromatic heterocycles. The van der Waals surface area contributed by atoms with Crippen molar-refractivity contribution in [3.05, 3.63) is 23.8 Å². The van der Waals surface area contributed by atoms with Gasteiger partial charge in [0.1, 0.15) is 10.6 Å². The summed E-state index contributed by atoms with van der Waals surface area (Å²) >= 11 is 0. The van der Waals surface area contributed by atoms with E-state index in [-0.39, 0.29) is 10.8 Å². The number of hydrogen-bond acceptors (Lipinski definition) is 4. The fourth-order valence-corrected chi connectivity index (χ4v) is 5.41. The maximum absolute atomic E-state index is 13.1. The van der Waals surface area contributed by atoms with Crippen LogP contribution in [0, 0.1) is 0 Å². The lowest BCUT2D eigenvalue weighted by atomic mass is 10.2. The Morgan fingerprint density at radius 3 is 2.12 bits per heavy atom. The zero-order chi connectivity index (χ0) is 18.6. The molecule has 7 heteroatoms. The molecule has 0 radical (unpaired) electrons. The van der Waals surface area contributed by atoms with E-state index in [4.69, 9.17) is 4.74 Å². The molecular weight excluding hydrogens is 352 g/mol. The van der Waals surface area contributed by atoms with E-state index < -0.39 is 10.0 Å². The van der Waals surface area contributed by atoms with Gasteiger partial charge >= 0.3 is 0 Å². The second-order valence-corrected chi connectivity index (χ2v) is 8.94. The second-order valence-electron chi connectivity index (χ2n) is 7.04. The van der Waals surface area contributed by atoms with Crippen LogP contribution in [-0.4, -0.2) is 56.8 Å². The minimum absolute atomic E-state index is 0.0929. The zero-order valence-electron chi connectivity index (χ0n) is 15.4. The van der Waals surface area contributed by atoms with Crippen LogP contribution < -0.4 is 4.74 Å². The molecule has 0 atom stereocenters. The number of amides is 1. The number of ether oxygens (including phenoxy) is 1. The van der Waals surface area contributed by atoms with Gasteiger partial charge in [-0.25, -0.2) is 8.42 Å². The number of benzene rings is 1. The molecule has 0 spiro atoms. The molecule has 0 aliphatic carbocycles. The lowest BCUT2D eigenvalue weighted by molar-refractivity contribution is 0.0761. The summed E-state index contributed by atoms with van der Waals surface area (Å²) in [5.74, 6) is 0.202. The highest BCUT2D eigenvalue weighted by Crippen LogP contribution is 2.30. The molecule has 6 nitrogen and oxygen atoms in total. The number of likely N-dealkylation sites (tertiary alicyclic amines) is 1. The Bertz CT molecular complexity index is 734. The molecule has 144 valence electrons. The number of piperidine rings is 1. The fourth-order valence-electron chi connectivity index (χ4n) is 3.71. The van der Waals surface area contributed by atoms with Crippen molar-refractivity contribution in [2.75, 3.05) is 33.3 Å². The third kappa shape index (κ3) is 4.04. The standard InChI is InChI=1S/C19H28N2O4S/c1-25-17-10-9-16(19(22)20-11-5-2-3-6-12-20)15-18(17)26(23,24)21-13-7-4-8-14-21/h9-10,15H,2-8,11-14H2,1H3. The van der Waals surface area contributed by atoms with Crippen LogP contribution in [0.5, 0.6) is 5.75 Å². The summed E-state index contributed by atoms with van der Waals surface area (Å²) in [6.07, 6.45) is 7.07. The summed E-state index contributed by atoms with van der Waals surface area (Å²) < 4.78 is 33.0. The van der Waals surface area contributed by atoms with Crippen molar-refractivity contribution >= 4 is 15.9 Å². The van der Waals surface area contributed by atoms with E-state index >= 15 is 0 Å². The van der Waals surface area contributed by atoms with Gasteiger partial charge in [0.05, 0.1) is 7.11 Å². The quantitative estimate of drug-likeness (QED) is 0.806. The average Bonchev–Trinajstić information content (AvgIpc) is 2.97. The summed E-state index contributed by atoms with van der Waals surface area (Å²) in [6, 6.07) is 4.76. The molecule has 1 amide bonds. The van der Waals surface area contributed by atoms with Crippen LogP contribution in [-0.2, 0) is 10.0 Å². The molecule has 2 saturated heterocycles. The predicted octanol–water partition coefficient (Wildman–Crippen LogP) is 2.89. The Morgan fingerprint density at radius 2 is 1.50 bits per heavy atom. The molecule has 2 aliphatic rings. The lowest BCUT2D eigenvalue weighted by Gasteiger charge is -2.27. The Hall–Kier alpha value is -1.60. The monoisotopic (exact) mass is 380 g/mol. The Labute approximate surface area is 156 Å². The zero-order valence-corrected chi connectivity index (χ0v) is 16.3. The van der Waals surface area contributed by atoms with Gasteiger partial charge in [-0.15, -0.1) is 0 Å². The first-order valence-corrected chi connectivity index (χ1v) is 11.0. The van der Waals surface area contributed by atoms with Crippen LogP contribution >= 0.6 is 0 Å². The number of rotatable bonds is 4. The first kappa shape index (κ1) is 19.2. The van der Waals surface area contributed by atoms with E-state index in [0.717, 1.165) is 58.0 Å². The molecule has 2 aliphatic heterocycles. The van der Waals surface area contributed by atoms with Crippen molar-refractivity contribution in [3.8, 4) is 5.75 Å². The third-order valence-corrected chi connectivity index (χ3v) is 7.16. The van der Waals surface area contributed by atoms with Crippen LogP contribution in [0.1, 0.15) is 55.3 Å². The maximum atomic E-state index is 13.1. The SMILES string of the molecule is COc1ccc(C(=O)N2CCCCCC2)cc1S(=O)(=O)N1CCCCC1. The molecule has 3 rings (SSSR count). The number of nitrogens with zero attached hydrogens (tertiary/aromatic N) is 2. The first-order chi connectivity index (χ1) is 12.5. The minimum atomic E-state index is -3.66.